The van der Waals surface area contributed by atoms with Crippen molar-refractivity contribution in [2.75, 3.05) is 85.1 Å². The zero-order chi connectivity index (χ0) is 36.1. The van der Waals surface area contributed by atoms with Crippen LogP contribution in [-0.2, 0) is 20.8 Å². The number of benzene rings is 1. The summed E-state index contributed by atoms with van der Waals surface area (Å²) in [6.45, 7) is 8.97. The van der Waals surface area contributed by atoms with Gasteiger partial charge in [-0.15, -0.1) is 0 Å². The number of alkyl carbamates (subject to hydrolysis) is 1. The lowest BCUT2D eigenvalue weighted by molar-refractivity contribution is -0.272. The summed E-state index contributed by atoms with van der Waals surface area (Å²) >= 11 is 0. The molecule has 0 radical (unpaired) electrons. The first-order chi connectivity index (χ1) is 24.5. The fourth-order valence-corrected chi connectivity index (χ4v) is 5.18. The van der Waals surface area contributed by atoms with Crippen molar-refractivity contribution in [3.63, 3.8) is 0 Å². The molecule has 16 nitrogen and oxygen atoms in total. The molecule has 13 N–H and O–H groups in total. The number of amides is 3. The van der Waals surface area contributed by atoms with Crippen LogP contribution in [0.1, 0.15) is 50.5 Å². The monoisotopic (exact) mass is 712 g/mol. The normalized spacial score (nSPS) is 20.4. The van der Waals surface area contributed by atoms with Crippen molar-refractivity contribution in [3.05, 3.63) is 35.9 Å². The molecule has 1 aliphatic rings. The highest BCUT2D eigenvalue weighted by molar-refractivity contribution is 5.74. The number of unbranched alkanes of at least 4 members (excludes halogenated alkanes) is 2. The van der Waals surface area contributed by atoms with Crippen LogP contribution in [0, 0.1) is 0 Å². The summed E-state index contributed by atoms with van der Waals surface area (Å²) in [6.07, 6.45) is 0.930. The molecule has 0 spiro atoms. The Morgan fingerprint density at radius 2 is 1.24 bits per heavy atom. The number of hydrogen-bond acceptors (Lipinski definition) is 13. The lowest BCUT2D eigenvalue weighted by Gasteiger charge is -2.42. The molecular formula is C34H65N9O7. The van der Waals surface area contributed by atoms with Gasteiger partial charge in [0.05, 0.1) is 6.61 Å². The fourth-order valence-electron chi connectivity index (χ4n) is 5.18. The van der Waals surface area contributed by atoms with Gasteiger partial charge in [-0.1, -0.05) is 30.3 Å². The third-order valence-electron chi connectivity index (χ3n) is 8.04. The number of hydrogen-bond donors (Lipinski definition) is 11. The summed E-state index contributed by atoms with van der Waals surface area (Å²) in [5.41, 5.74) is 11.8. The van der Waals surface area contributed by atoms with E-state index in [1.54, 1.807) is 0 Å². The van der Waals surface area contributed by atoms with Gasteiger partial charge in [0.15, 0.2) is 6.29 Å². The van der Waals surface area contributed by atoms with Crippen molar-refractivity contribution < 1.29 is 34.0 Å². The molecule has 0 aromatic heterocycles. The molecule has 5 atom stereocenters. The van der Waals surface area contributed by atoms with Gasteiger partial charge >= 0.3 is 12.1 Å². The predicted molar refractivity (Wildman–Crippen MR) is 193 cm³/mol. The van der Waals surface area contributed by atoms with E-state index in [0.717, 1.165) is 96.4 Å². The molecule has 1 aromatic carbocycles. The van der Waals surface area contributed by atoms with E-state index in [1.807, 2.05) is 30.3 Å². The molecule has 1 aromatic rings. The highest BCUT2D eigenvalue weighted by atomic mass is 16.7. The second-order valence-corrected chi connectivity index (χ2v) is 12.3. The molecule has 16 heteroatoms. The minimum Gasteiger partial charge on any atom is -0.447 e. The third kappa shape index (κ3) is 20.3. The fraction of sp³-hybridized carbons (Fsp3) is 0.765. The largest absolute Gasteiger partial charge is 0.447 e. The van der Waals surface area contributed by atoms with Gasteiger partial charge in [0.25, 0.3) is 0 Å². The van der Waals surface area contributed by atoms with Crippen molar-refractivity contribution in [2.24, 2.45) is 11.5 Å². The third-order valence-corrected chi connectivity index (χ3v) is 8.04. The average molecular weight is 712 g/mol. The molecular weight excluding hydrogens is 646 g/mol. The van der Waals surface area contributed by atoms with Crippen molar-refractivity contribution in [2.45, 2.75) is 82.2 Å². The number of rotatable bonds is 29. The van der Waals surface area contributed by atoms with Crippen molar-refractivity contribution in [1.82, 2.24) is 37.2 Å². The number of carbonyl (C=O) groups is 2. The lowest BCUT2D eigenvalue weighted by Crippen LogP contribution is -2.65. The molecule has 2 rings (SSSR count). The van der Waals surface area contributed by atoms with Crippen LogP contribution in [0.15, 0.2) is 30.3 Å². The van der Waals surface area contributed by atoms with Crippen LogP contribution in [-0.4, -0.2) is 138 Å². The highest BCUT2D eigenvalue weighted by Crippen LogP contribution is 2.24. The van der Waals surface area contributed by atoms with E-state index in [9.17, 15) is 19.8 Å². The number of nitrogens with one attached hydrogen (secondary N) is 7. The predicted octanol–water partition coefficient (Wildman–Crippen LogP) is -0.950. The maximum Gasteiger partial charge on any atom is 0.407 e. The van der Waals surface area contributed by atoms with E-state index in [-0.39, 0.29) is 13.2 Å². The molecule has 0 aliphatic carbocycles. The van der Waals surface area contributed by atoms with Crippen LogP contribution in [0.5, 0.6) is 0 Å². The van der Waals surface area contributed by atoms with E-state index in [1.165, 1.54) is 0 Å². The summed E-state index contributed by atoms with van der Waals surface area (Å²) in [5.74, 6) is 0. The van der Waals surface area contributed by atoms with Gasteiger partial charge in [0.1, 0.15) is 31.0 Å². The Morgan fingerprint density at radius 3 is 1.84 bits per heavy atom. The van der Waals surface area contributed by atoms with Crippen molar-refractivity contribution >= 4 is 12.1 Å². The Morgan fingerprint density at radius 1 is 0.680 bits per heavy atom. The number of aliphatic hydroxyl groups is 2. The topological polar surface area (TPSA) is 239 Å². The Kier molecular flexibility index (Phi) is 25.2. The molecule has 0 bridgehead atoms. The quantitative estimate of drug-likeness (QED) is 0.0450. The zero-order valence-electron chi connectivity index (χ0n) is 29.7. The summed E-state index contributed by atoms with van der Waals surface area (Å²) in [4.78, 5) is 25.1. The molecule has 1 aliphatic heterocycles. The molecule has 50 heavy (non-hydrogen) atoms. The molecule has 1 fully saturated rings. The Balaban J connectivity index is 1.71. The molecule has 1 heterocycles. The summed E-state index contributed by atoms with van der Waals surface area (Å²) in [7, 11) is 0. The standard InChI is InChI=1S/C34H65N9O7/c35-13-8-19-37-15-4-5-16-39-21-10-23-42-34(47)49-26-28-30(44)31(45)29(32(50-28)48-25-27-11-2-1-3-12-27)43-33(46)41-22-9-20-38-17-6-7-18-40-24-14-36/h1-3,11-12,28-32,37-40,44-45H,4-10,13-26,35-36H2,(H,42,47)(H2,41,43,46)/t28-,29-,30-,31-,32?/m1/s1. The van der Waals surface area contributed by atoms with Gasteiger partial charge in [-0.3, -0.25) is 0 Å². The van der Waals surface area contributed by atoms with Crippen molar-refractivity contribution in [1.29, 1.82) is 0 Å². The summed E-state index contributed by atoms with van der Waals surface area (Å²) in [6, 6.07) is 7.77. The minimum atomic E-state index is -1.44. The number of nitrogens with two attached hydrogens (primary N) is 2. The minimum absolute atomic E-state index is 0.136. The molecule has 1 unspecified atom stereocenters. The number of ether oxygens (including phenoxy) is 3. The summed E-state index contributed by atoms with van der Waals surface area (Å²) in [5, 5.41) is 43.4. The lowest BCUT2D eigenvalue weighted by atomic mass is 9.97. The van der Waals surface area contributed by atoms with E-state index in [4.69, 9.17) is 25.7 Å². The van der Waals surface area contributed by atoms with Crippen LogP contribution in [0.3, 0.4) is 0 Å². The first kappa shape index (κ1) is 43.5. The van der Waals surface area contributed by atoms with Crippen LogP contribution >= 0.6 is 0 Å². The van der Waals surface area contributed by atoms with Gasteiger partial charge in [-0.05, 0) is 103 Å². The smallest absolute Gasteiger partial charge is 0.407 e. The first-order valence-electron chi connectivity index (χ1n) is 18.3. The van der Waals surface area contributed by atoms with Gasteiger partial charge in [-0.25, -0.2) is 9.59 Å². The van der Waals surface area contributed by atoms with Crippen LogP contribution in [0.4, 0.5) is 9.59 Å². The number of urea groups is 1. The number of aliphatic hydroxyl groups excluding tert-OH is 2. The van der Waals surface area contributed by atoms with Crippen LogP contribution < -0.4 is 48.7 Å². The molecule has 0 saturated carbocycles. The Bertz CT molecular complexity index is 986. The number of carbonyl (C=O) groups excluding carboxylic acids is 2. The van der Waals surface area contributed by atoms with E-state index in [2.05, 4.69) is 37.2 Å². The molecule has 288 valence electrons. The van der Waals surface area contributed by atoms with Crippen LogP contribution in [0.2, 0.25) is 0 Å². The Labute approximate surface area is 297 Å². The first-order valence-corrected chi connectivity index (χ1v) is 18.3. The maximum absolute atomic E-state index is 12.7. The van der Waals surface area contributed by atoms with Crippen LogP contribution in [0.25, 0.3) is 0 Å². The summed E-state index contributed by atoms with van der Waals surface area (Å²) < 4.78 is 17.2. The van der Waals surface area contributed by atoms with Gasteiger partial charge in [0, 0.05) is 26.2 Å². The van der Waals surface area contributed by atoms with Gasteiger partial charge in [0.2, 0.25) is 0 Å². The highest BCUT2D eigenvalue weighted by Gasteiger charge is 2.46. The van der Waals surface area contributed by atoms with Gasteiger partial charge < -0.3 is 73.1 Å². The average Bonchev–Trinajstić information content (AvgIpc) is 3.12. The van der Waals surface area contributed by atoms with E-state index < -0.39 is 42.8 Å². The molecule has 3 amide bonds. The van der Waals surface area contributed by atoms with E-state index >= 15 is 0 Å². The SMILES string of the molecule is NCCCNCCCCNCCCNC(=O)OC[C@H]1OC(OCc2ccccc2)[C@H](NC(=O)NCCCNCCCCNCCN)[C@@H](O)[C@@H]1O. The maximum atomic E-state index is 12.7. The molecule has 1 saturated heterocycles. The van der Waals surface area contributed by atoms with Crippen molar-refractivity contribution in [3.8, 4) is 0 Å². The Hall–Kier alpha value is -2.64. The second kappa shape index (κ2) is 29.0. The van der Waals surface area contributed by atoms with E-state index in [0.29, 0.717) is 32.6 Å². The van der Waals surface area contributed by atoms with Gasteiger partial charge in [-0.2, -0.15) is 0 Å². The zero-order valence-corrected chi connectivity index (χ0v) is 29.7. The second-order valence-electron chi connectivity index (χ2n) is 12.3.